The van der Waals surface area contributed by atoms with Crippen LogP contribution in [0.2, 0.25) is 5.02 Å². The standard InChI is InChI=1S/C38H42ClF4N7O2/c1-20(2)49-19-45-27-15-25(46-34(33(27)49)47-26-14-23(30(39)32(43)31(26)42)35(51)44-18-29(40)41)21-9-10-24-28(13-21)50(36(52)37(24,3)4)38(5)16-22(17-38)48-11-7-6-8-12-48/h9-10,13-15,19-20,22,29H,6-8,11-12,16-18H2,1-5H3,(H,44,51)(H,46,47). The van der Waals surface area contributed by atoms with E-state index in [2.05, 4.69) is 22.1 Å². The molecule has 2 N–H and O–H groups in total. The number of benzene rings is 2. The molecule has 0 unspecified atom stereocenters. The summed E-state index contributed by atoms with van der Waals surface area (Å²) in [7, 11) is 0. The number of piperidine rings is 1. The largest absolute Gasteiger partial charge is 0.346 e. The molecule has 0 atom stereocenters. The Balaban J connectivity index is 1.29. The summed E-state index contributed by atoms with van der Waals surface area (Å²) < 4.78 is 58.0. The van der Waals surface area contributed by atoms with Gasteiger partial charge in [0.15, 0.2) is 17.5 Å². The van der Waals surface area contributed by atoms with Gasteiger partial charge < -0.3 is 25.0 Å². The highest BCUT2D eigenvalue weighted by molar-refractivity contribution is 6.34. The molecule has 7 rings (SSSR count). The quantitative estimate of drug-likeness (QED) is 0.132. The van der Waals surface area contributed by atoms with Gasteiger partial charge in [0.25, 0.3) is 12.3 Å². The Morgan fingerprint density at radius 3 is 2.42 bits per heavy atom. The lowest BCUT2D eigenvalue weighted by Gasteiger charge is -2.55. The number of halogens is 5. The summed E-state index contributed by atoms with van der Waals surface area (Å²) in [4.78, 5) is 40.8. The number of carbonyl (C=O) groups is 2. The number of carbonyl (C=O) groups excluding carboxylic acids is 2. The number of hydrogen-bond donors (Lipinski definition) is 2. The lowest BCUT2D eigenvalue weighted by Crippen LogP contribution is -2.64. The number of pyridine rings is 1. The Hall–Kier alpha value is -4.23. The molecular weight excluding hydrogens is 698 g/mol. The summed E-state index contributed by atoms with van der Waals surface area (Å²) in [5.41, 5.74) is 1.80. The lowest BCUT2D eigenvalue weighted by atomic mass is 9.71. The minimum atomic E-state index is -2.86. The molecule has 1 saturated carbocycles. The zero-order chi connectivity index (χ0) is 37.3. The molecule has 52 heavy (non-hydrogen) atoms. The first-order chi connectivity index (χ1) is 24.6. The van der Waals surface area contributed by atoms with E-state index in [4.69, 9.17) is 16.6 Å². The van der Waals surface area contributed by atoms with Crippen LogP contribution in [0.15, 0.2) is 36.7 Å². The van der Waals surface area contributed by atoms with Crippen molar-refractivity contribution in [1.82, 2.24) is 24.8 Å². The lowest BCUT2D eigenvalue weighted by molar-refractivity contribution is -0.124. The van der Waals surface area contributed by atoms with Crippen LogP contribution in [0.25, 0.3) is 22.3 Å². The van der Waals surface area contributed by atoms with Gasteiger partial charge in [-0.05, 0) is 97.2 Å². The molecular formula is C38H42ClF4N7O2. The SMILES string of the molecule is CC(C)n1cnc2cc(-c3ccc4c(c3)N(C3(C)CC(N5CCCCC5)C3)C(=O)C4(C)C)nc(Nc3cc(C(=O)NCC(F)F)c(Cl)c(F)c3F)c21. The van der Waals surface area contributed by atoms with Gasteiger partial charge in [-0.2, -0.15) is 0 Å². The van der Waals surface area contributed by atoms with Crippen LogP contribution >= 0.6 is 11.6 Å². The van der Waals surface area contributed by atoms with E-state index >= 15 is 8.78 Å². The molecule has 2 aromatic carbocycles. The normalized spacial score (nSPS) is 21.6. The Kier molecular flexibility index (Phi) is 9.26. The molecule has 14 heteroatoms. The van der Waals surface area contributed by atoms with Crippen LogP contribution in [-0.4, -0.2) is 68.9 Å². The second-order valence-corrected chi connectivity index (χ2v) is 15.6. The van der Waals surface area contributed by atoms with Gasteiger partial charge >= 0.3 is 0 Å². The van der Waals surface area contributed by atoms with Crippen LogP contribution in [-0.2, 0) is 10.2 Å². The van der Waals surface area contributed by atoms with Crippen molar-refractivity contribution in [3.05, 3.63) is 64.4 Å². The molecule has 0 spiro atoms. The first-order valence-electron chi connectivity index (χ1n) is 17.7. The number of aromatic nitrogens is 3. The van der Waals surface area contributed by atoms with Gasteiger partial charge in [0.1, 0.15) is 5.52 Å². The average molecular weight is 740 g/mol. The second-order valence-electron chi connectivity index (χ2n) is 15.3. The number of alkyl halides is 2. The zero-order valence-electron chi connectivity index (χ0n) is 29.8. The summed E-state index contributed by atoms with van der Waals surface area (Å²) in [5, 5.41) is 3.99. The van der Waals surface area contributed by atoms with E-state index in [0.29, 0.717) is 28.3 Å². The molecule has 0 radical (unpaired) electrons. The van der Waals surface area contributed by atoms with Crippen molar-refractivity contribution in [3.8, 4) is 11.3 Å². The number of imidazole rings is 1. The Bertz CT molecular complexity index is 2070. The molecule has 2 aromatic heterocycles. The minimum absolute atomic E-state index is 0.0503. The van der Waals surface area contributed by atoms with Gasteiger partial charge in [-0.1, -0.05) is 30.2 Å². The van der Waals surface area contributed by atoms with Gasteiger partial charge in [0, 0.05) is 28.9 Å². The fraction of sp³-hybridized carbons (Fsp3) is 0.474. The summed E-state index contributed by atoms with van der Waals surface area (Å²) in [6.45, 7) is 11.1. The molecule has 2 fully saturated rings. The fourth-order valence-electron chi connectivity index (χ4n) is 8.06. The third-order valence-electron chi connectivity index (χ3n) is 10.9. The van der Waals surface area contributed by atoms with Crippen molar-refractivity contribution in [2.75, 3.05) is 29.9 Å². The number of amides is 2. The molecule has 1 saturated heterocycles. The predicted octanol–water partition coefficient (Wildman–Crippen LogP) is 8.38. The van der Waals surface area contributed by atoms with Crippen LogP contribution in [0.4, 0.5) is 34.8 Å². The molecule has 3 aliphatic rings. The van der Waals surface area contributed by atoms with Crippen molar-refractivity contribution in [3.63, 3.8) is 0 Å². The number of nitrogens with zero attached hydrogens (tertiary/aromatic N) is 5. The highest BCUT2D eigenvalue weighted by atomic mass is 35.5. The number of rotatable bonds is 9. The average Bonchev–Trinajstić information content (AvgIpc) is 3.62. The van der Waals surface area contributed by atoms with Gasteiger partial charge in [0.2, 0.25) is 5.91 Å². The molecule has 4 aromatic rings. The van der Waals surface area contributed by atoms with E-state index in [9.17, 15) is 18.4 Å². The number of likely N-dealkylation sites (tertiary alicyclic amines) is 1. The minimum Gasteiger partial charge on any atom is -0.346 e. The van der Waals surface area contributed by atoms with Crippen molar-refractivity contribution >= 4 is 51.6 Å². The van der Waals surface area contributed by atoms with Crippen LogP contribution in [0.3, 0.4) is 0 Å². The van der Waals surface area contributed by atoms with Gasteiger partial charge in [-0.25, -0.2) is 27.5 Å². The van der Waals surface area contributed by atoms with Gasteiger partial charge in [0.05, 0.1) is 45.8 Å². The fourth-order valence-corrected chi connectivity index (χ4v) is 8.29. The second kappa shape index (κ2) is 13.3. The third kappa shape index (κ3) is 6.09. The van der Waals surface area contributed by atoms with E-state index in [1.54, 1.807) is 12.4 Å². The Morgan fingerprint density at radius 1 is 1.04 bits per heavy atom. The third-order valence-corrected chi connectivity index (χ3v) is 11.3. The van der Waals surface area contributed by atoms with Crippen LogP contribution < -0.4 is 15.5 Å². The highest BCUT2D eigenvalue weighted by Crippen LogP contribution is 2.52. The predicted molar refractivity (Wildman–Crippen MR) is 194 cm³/mol. The van der Waals surface area contributed by atoms with E-state index in [0.717, 1.165) is 43.2 Å². The van der Waals surface area contributed by atoms with E-state index in [1.165, 1.54) is 19.3 Å². The number of nitrogens with one attached hydrogen (secondary N) is 2. The summed E-state index contributed by atoms with van der Waals surface area (Å²) in [6, 6.07) is 8.92. The van der Waals surface area contributed by atoms with Crippen LogP contribution in [0.5, 0.6) is 0 Å². The first kappa shape index (κ1) is 36.1. The summed E-state index contributed by atoms with van der Waals surface area (Å²) in [6.07, 6.45) is 4.20. The van der Waals surface area contributed by atoms with Crippen molar-refractivity contribution in [2.45, 2.75) is 96.2 Å². The highest BCUT2D eigenvalue weighted by Gasteiger charge is 2.56. The number of fused-ring (bicyclic) bond motifs is 2. The van der Waals surface area contributed by atoms with Crippen LogP contribution in [0, 0.1) is 11.6 Å². The Labute approximate surface area is 304 Å². The maximum absolute atomic E-state index is 15.4. The maximum Gasteiger partial charge on any atom is 0.255 e. The number of anilines is 3. The zero-order valence-corrected chi connectivity index (χ0v) is 30.6. The molecule has 2 amide bonds. The number of hydrogen-bond acceptors (Lipinski definition) is 6. The van der Waals surface area contributed by atoms with Gasteiger partial charge in [-0.3, -0.25) is 9.59 Å². The molecule has 0 bridgehead atoms. The monoisotopic (exact) mass is 739 g/mol. The molecule has 2 aliphatic heterocycles. The summed E-state index contributed by atoms with van der Waals surface area (Å²) >= 11 is 5.96. The topological polar surface area (TPSA) is 95.4 Å². The maximum atomic E-state index is 15.4. The molecule has 9 nitrogen and oxygen atoms in total. The van der Waals surface area contributed by atoms with E-state index in [-0.39, 0.29) is 23.3 Å². The first-order valence-corrected chi connectivity index (χ1v) is 18.1. The van der Waals surface area contributed by atoms with Crippen molar-refractivity contribution < 1.29 is 27.2 Å². The molecule has 276 valence electrons. The van der Waals surface area contributed by atoms with Crippen molar-refractivity contribution in [1.29, 1.82) is 0 Å². The summed E-state index contributed by atoms with van der Waals surface area (Å²) in [5.74, 6) is -3.82. The van der Waals surface area contributed by atoms with Crippen molar-refractivity contribution in [2.24, 2.45) is 0 Å². The smallest absolute Gasteiger partial charge is 0.255 e. The molecule has 1 aliphatic carbocycles. The Morgan fingerprint density at radius 2 is 1.75 bits per heavy atom. The van der Waals surface area contributed by atoms with Gasteiger partial charge in [-0.15, -0.1) is 0 Å². The van der Waals surface area contributed by atoms with E-state index < -0.39 is 52.2 Å². The van der Waals surface area contributed by atoms with Crippen LogP contribution in [0.1, 0.15) is 88.7 Å². The van der Waals surface area contributed by atoms with E-state index in [1.807, 2.05) is 60.7 Å². The molecule has 4 heterocycles.